The number of hydroxylamine groups is 1. The molecule has 1 N–H and O–H groups in total. The Labute approximate surface area is 122 Å². The Morgan fingerprint density at radius 3 is 2.57 bits per heavy atom. The predicted molar refractivity (Wildman–Crippen MR) is 75.2 cm³/mol. The summed E-state index contributed by atoms with van der Waals surface area (Å²) in [6.07, 6.45) is 0.156. The van der Waals surface area contributed by atoms with Crippen LogP contribution in [0.3, 0.4) is 0 Å². The molecule has 0 spiro atoms. The van der Waals surface area contributed by atoms with Crippen molar-refractivity contribution in [3.63, 3.8) is 0 Å². The molecule has 1 saturated heterocycles. The van der Waals surface area contributed by atoms with Gasteiger partial charge in [-0.3, -0.25) is 14.4 Å². The zero-order chi connectivity index (χ0) is 15.4. The van der Waals surface area contributed by atoms with Gasteiger partial charge in [-0.1, -0.05) is 0 Å². The van der Waals surface area contributed by atoms with E-state index in [2.05, 4.69) is 10.3 Å². The molecule has 0 saturated carbocycles. The highest BCUT2D eigenvalue weighted by Crippen LogP contribution is 2.34. The van der Waals surface area contributed by atoms with Crippen LogP contribution in [0.1, 0.15) is 6.42 Å². The number of carbonyl (C=O) groups is 2. The largest absolute Gasteiger partial charge is 0.493 e. The Morgan fingerprint density at radius 2 is 1.95 bits per heavy atom. The van der Waals surface area contributed by atoms with E-state index in [-0.39, 0.29) is 18.2 Å². The minimum atomic E-state index is -0.425. The molecule has 2 amide bonds. The first-order valence-corrected chi connectivity index (χ1v) is 6.46. The highest BCUT2D eigenvalue weighted by Gasteiger charge is 2.35. The summed E-state index contributed by atoms with van der Waals surface area (Å²) in [6.45, 7) is 0.309. The molecule has 0 bridgehead atoms. The SMILES string of the molecule is CONC(=O)C1CC(=O)N(c2ccc(OC)c(OC)c2)C1. The minimum Gasteiger partial charge on any atom is -0.493 e. The van der Waals surface area contributed by atoms with E-state index in [1.807, 2.05) is 0 Å². The van der Waals surface area contributed by atoms with Crippen molar-refractivity contribution in [2.24, 2.45) is 5.92 Å². The first-order valence-electron chi connectivity index (χ1n) is 6.46. The molecule has 1 heterocycles. The zero-order valence-corrected chi connectivity index (χ0v) is 12.2. The van der Waals surface area contributed by atoms with Crippen LogP contribution in [-0.2, 0) is 14.4 Å². The molecule has 7 nitrogen and oxygen atoms in total. The standard InChI is InChI=1S/C14H18N2O5/c1-19-11-5-4-10(7-12(11)20-2)16-8-9(6-13(16)17)14(18)15-21-3/h4-5,7,9H,6,8H2,1-3H3,(H,15,18). The third kappa shape index (κ3) is 3.08. The van der Waals surface area contributed by atoms with Crippen molar-refractivity contribution in [3.8, 4) is 11.5 Å². The molecule has 0 radical (unpaired) electrons. The maximum absolute atomic E-state index is 12.1. The van der Waals surface area contributed by atoms with E-state index in [9.17, 15) is 9.59 Å². The number of hydrogen-bond donors (Lipinski definition) is 1. The summed E-state index contributed by atoms with van der Waals surface area (Å²) in [6, 6.07) is 5.20. The number of ether oxygens (including phenoxy) is 2. The third-order valence-electron chi connectivity index (χ3n) is 3.38. The van der Waals surface area contributed by atoms with E-state index < -0.39 is 5.92 Å². The molecule has 1 atom stereocenters. The first-order chi connectivity index (χ1) is 10.1. The van der Waals surface area contributed by atoms with Gasteiger partial charge in [0.25, 0.3) is 0 Å². The van der Waals surface area contributed by atoms with Crippen molar-refractivity contribution in [1.82, 2.24) is 5.48 Å². The lowest BCUT2D eigenvalue weighted by Crippen LogP contribution is -2.32. The van der Waals surface area contributed by atoms with Crippen LogP contribution < -0.4 is 19.9 Å². The summed E-state index contributed by atoms with van der Waals surface area (Å²) in [4.78, 5) is 30.0. The molecule has 0 aromatic heterocycles. The number of anilines is 1. The van der Waals surface area contributed by atoms with Gasteiger partial charge in [-0.05, 0) is 12.1 Å². The zero-order valence-electron chi connectivity index (χ0n) is 12.2. The van der Waals surface area contributed by atoms with Crippen LogP contribution >= 0.6 is 0 Å². The van der Waals surface area contributed by atoms with Gasteiger partial charge in [-0.15, -0.1) is 0 Å². The van der Waals surface area contributed by atoms with Crippen LogP contribution in [-0.4, -0.2) is 39.7 Å². The van der Waals surface area contributed by atoms with Crippen LogP contribution in [0.2, 0.25) is 0 Å². The van der Waals surface area contributed by atoms with E-state index in [1.54, 1.807) is 30.2 Å². The summed E-state index contributed by atoms with van der Waals surface area (Å²) >= 11 is 0. The molecule has 2 rings (SSSR count). The lowest BCUT2D eigenvalue weighted by atomic mass is 10.1. The summed E-state index contributed by atoms with van der Waals surface area (Å²) in [5, 5.41) is 0. The number of hydrogen-bond acceptors (Lipinski definition) is 5. The van der Waals surface area contributed by atoms with Gasteiger partial charge < -0.3 is 14.4 Å². The smallest absolute Gasteiger partial charge is 0.248 e. The second-order valence-electron chi connectivity index (χ2n) is 4.62. The Morgan fingerprint density at radius 1 is 1.24 bits per heavy atom. The number of methoxy groups -OCH3 is 2. The quantitative estimate of drug-likeness (QED) is 0.810. The number of nitrogens with zero attached hydrogens (tertiary/aromatic N) is 1. The Bertz CT molecular complexity index is 546. The second-order valence-corrected chi connectivity index (χ2v) is 4.62. The maximum Gasteiger partial charge on any atom is 0.248 e. The average Bonchev–Trinajstić information content (AvgIpc) is 2.89. The van der Waals surface area contributed by atoms with Crippen molar-refractivity contribution in [1.29, 1.82) is 0 Å². The van der Waals surface area contributed by atoms with Gasteiger partial charge >= 0.3 is 0 Å². The molecule has 1 fully saturated rings. The van der Waals surface area contributed by atoms with Gasteiger partial charge in [-0.2, -0.15) is 0 Å². The monoisotopic (exact) mass is 294 g/mol. The van der Waals surface area contributed by atoms with Gasteiger partial charge in [0.05, 0.1) is 27.2 Å². The van der Waals surface area contributed by atoms with Crippen molar-refractivity contribution in [2.45, 2.75) is 6.42 Å². The Balaban J connectivity index is 2.19. The molecular formula is C14H18N2O5. The van der Waals surface area contributed by atoms with E-state index >= 15 is 0 Å². The summed E-state index contributed by atoms with van der Waals surface area (Å²) < 4.78 is 10.4. The van der Waals surface area contributed by atoms with Crippen LogP contribution in [0.25, 0.3) is 0 Å². The lowest BCUT2D eigenvalue weighted by Gasteiger charge is -2.18. The van der Waals surface area contributed by atoms with Gasteiger partial charge in [0.1, 0.15) is 0 Å². The molecule has 114 valence electrons. The van der Waals surface area contributed by atoms with Crippen LogP contribution in [0.15, 0.2) is 18.2 Å². The molecule has 1 aromatic carbocycles. The molecule has 7 heteroatoms. The number of nitrogens with one attached hydrogen (secondary N) is 1. The second kappa shape index (κ2) is 6.45. The molecular weight excluding hydrogens is 276 g/mol. The van der Waals surface area contributed by atoms with Crippen LogP contribution in [0.5, 0.6) is 11.5 Å². The molecule has 1 aliphatic rings. The molecule has 0 aliphatic carbocycles. The van der Waals surface area contributed by atoms with E-state index in [0.717, 1.165) is 0 Å². The Kier molecular flexibility index (Phi) is 4.64. The number of rotatable bonds is 5. The predicted octanol–water partition coefficient (Wildman–Crippen LogP) is 0.734. The van der Waals surface area contributed by atoms with Crippen LogP contribution in [0, 0.1) is 5.92 Å². The first kappa shape index (κ1) is 15.1. The summed E-state index contributed by atoms with van der Waals surface area (Å²) in [5.41, 5.74) is 2.93. The number of carbonyl (C=O) groups excluding carboxylic acids is 2. The maximum atomic E-state index is 12.1. The van der Waals surface area contributed by atoms with Crippen molar-refractivity contribution in [2.75, 3.05) is 32.8 Å². The van der Waals surface area contributed by atoms with E-state index in [4.69, 9.17) is 9.47 Å². The molecule has 21 heavy (non-hydrogen) atoms. The van der Waals surface area contributed by atoms with E-state index in [1.165, 1.54) is 14.2 Å². The van der Waals surface area contributed by atoms with Crippen LogP contribution in [0.4, 0.5) is 5.69 Å². The Hall–Kier alpha value is -2.28. The van der Waals surface area contributed by atoms with Crippen molar-refractivity contribution >= 4 is 17.5 Å². The fraction of sp³-hybridized carbons (Fsp3) is 0.429. The fourth-order valence-corrected chi connectivity index (χ4v) is 2.31. The minimum absolute atomic E-state index is 0.113. The topological polar surface area (TPSA) is 77.1 Å². The highest BCUT2D eigenvalue weighted by atomic mass is 16.6. The molecule has 1 unspecified atom stereocenters. The van der Waals surface area contributed by atoms with Crippen molar-refractivity contribution in [3.05, 3.63) is 18.2 Å². The fourth-order valence-electron chi connectivity index (χ4n) is 2.31. The van der Waals surface area contributed by atoms with E-state index in [0.29, 0.717) is 23.7 Å². The molecule has 1 aromatic rings. The lowest BCUT2D eigenvalue weighted by molar-refractivity contribution is -0.135. The van der Waals surface area contributed by atoms with Gasteiger partial charge in [0.2, 0.25) is 11.8 Å². The molecule has 1 aliphatic heterocycles. The number of amides is 2. The average molecular weight is 294 g/mol. The third-order valence-corrected chi connectivity index (χ3v) is 3.38. The van der Waals surface area contributed by atoms with Gasteiger partial charge in [0, 0.05) is 24.7 Å². The van der Waals surface area contributed by atoms with Gasteiger partial charge in [-0.25, -0.2) is 5.48 Å². The summed E-state index contributed by atoms with van der Waals surface area (Å²) in [7, 11) is 4.44. The van der Waals surface area contributed by atoms with Gasteiger partial charge in [0.15, 0.2) is 11.5 Å². The highest BCUT2D eigenvalue weighted by molar-refractivity contribution is 6.00. The van der Waals surface area contributed by atoms with Crippen molar-refractivity contribution < 1.29 is 23.9 Å². The number of benzene rings is 1. The summed E-state index contributed by atoms with van der Waals surface area (Å²) in [5.74, 6) is 0.284. The normalized spacial score (nSPS) is 17.8.